The van der Waals surface area contributed by atoms with Crippen molar-refractivity contribution < 1.29 is 4.79 Å². The summed E-state index contributed by atoms with van der Waals surface area (Å²) in [7, 11) is 1.95. The van der Waals surface area contributed by atoms with Crippen LogP contribution in [0.25, 0.3) is 0 Å². The number of hydrogen-bond donors (Lipinski definition) is 0. The van der Waals surface area contributed by atoms with Crippen LogP contribution in [0.4, 0.5) is 5.69 Å². The lowest BCUT2D eigenvalue weighted by atomic mass is 10.1. The van der Waals surface area contributed by atoms with Gasteiger partial charge in [0.2, 0.25) is 0 Å². The van der Waals surface area contributed by atoms with E-state index in [4.69, 9.17) is 11.6 Å². The lowest BCUT2D eigenvalue weighted by molar-refractivity contribution is 0.112. The van der Waals surface area contributed by atoms with Crippen LogP contribution in [0, 0.1) is 0 Å². The number of nitrogens with zero attached hydrogens (tertiary/aromatic N) is 2. The van der Waals surface area contributed by atoms with E-state index in [0.717, 1.165) is 30.6 Å². The Bertz CT molecular complexity index is 557. The first-order chi connectivity index (χ1) is 9.20. The standard InChI is InChI=1S/C15H15ClN2O/c1-18(9-7-14-4-2-3-8-17-14)15-10-13(16)6-5-12(15)11-19/h2-6,8,10-11H,7,9H2,1H3. The summed E-state index contributed by atoms with van der Waals surface area (Å²) in [5.41, 5.74) is 2.52. The van der Waals surface area contributed by atoms with Gasteiger partial charge < -0.3 is 4.90 Å². The predicted molar refractivity (Wildman–Crippen MR) is 78.1 cm³/mol. The lowest BCUT2D eigenvalue weighted by Gasteiger charge is -2.21. The van der Waals surface area contributed by atoms with E-state index in [1.54, 1.807) is 18.3 Å². The zero-order chi connectivity index (χ0) is 13.7. The van der Waals surface area contributed by atoms with Gasteiger partial charge in [-0.15, -0.1) is 0 Å². The Kier molecular flexibility index (Phi) is 4.53. The third kappa shape index (κ3) is 3.55. The Balaban J connectivity index is 2.09. The first kappa shape index (κ1) is 13.6. The fourth-order valence-corrected chi connectivity index (χ4v) is 2.06. The topological polar surface area (TPSA) is 33.2 Å². The fraction of sp³-hybridized carbons (Fsp3) is 0.200. The van der Waals surface area contributed by atoms with Crippen LogP contribution < -0.4 is 4.90 Å². The highest BCUT2D eigenvalue weighted by atomic mass is 35.5. The molecule has 0 saturated carbocycles. The van der Waals surface area contributed by atoms with Crippen molar-refractivity contribution in [2.75, 3.05) is 18.5 Å². The molecule has 98 valence electrons. The summed E-state index contributed by atoms with van der Waals surface area (Å²) >= 11 is 5.98. The highest BCUT2D eigenvalue weighted by molar-refractivity contribution is 6.31. The second-order valence-electron chi connectivity index (χ2n) is 4.31. The first-order valence-electron chi connectivity index (χ1n) is 6.06. The molecule has 3 nitrogen and oxygen atoms in total. The SMILES string of the molecule is CN(CCc1ccccn1)c1cc(Cl)ccc1C=O. The Morgan fingerprint density at radius 3 is 2.84 bits per heavy atom. The molecule has 4 heteroatoms. The summed E-state index contributed by atoms with van der Waals surface area (Å²) in [4.78, 5) is 17.3. The number of carbonyl (C=O) groups excluding carboxylic acids is 1. The number of rotatable bonds is 5. The third-order valence-electron chi connectivity index (χ3n) is 2.96. The van der Waals surface area contributed by atoms with Gasteiger partial charge in [-0.05, 0) is 30.3 Å². The highest BCUT2D eigenvalue weighted by Crippen LogP contribution is 2.23. The summed E-state index contributed by atoms with van der Waals surface area (Å²) < 4.78 is 0. The Morgan fingerprint density at radius 2 is 2.16 bits per heavy atom. The first-order valence-corrected chi connectivity index (χ1v) is 6.44. The maximum Gasteiger partial charge on any atom is 0.152 e. The molecule has 1 aromatic carbocycles. The maximum atomic E-state index is 11.0. The second-order valence-corrected chi connectivity index (χ2v) is 4.75. The van der Waals surface area contributed by atoms with Crippen LogP contribution >= 0.6 is 11.6 Å². The highest BCUT2D eigenvalue weighted by Gasteiger charge is 2.08. The molecule has 0 aliphatic carbocycles. The number of pyridine rings is 1. The number of benzene rings is 1. The van der Waals surface area contributed by atoms with E-state index in [-0.39, 0.29) is 0 Å². The monoisotopic (exact) mass is 274 g/mol. The van der Waals surface area contributed by atoms with Gasteiger partial charge in [0, 0.05) is 48.2 Å². The summed E-state index contributed by atoms with van der Waals surface area (Å²) in [6.07, 6.45) is 3.46. The van der Waals surface area contributed by atoms with Crippen molar-refractivity contribution in [2.45, 2.75) is 6.42 Å². The molecule has 19 heavy (non-hydrogen) atoms. The number of hydrogen-bond acceptors (Lipinski definition) is 3. The molecule has 0 bridgehead atoms. The Hall–Kier alpha value is -1.87. The molecule has 0 atom stereocenters. The average molecular weight is 275 g/mol. The molecule has 0 aliphatic rings. The van der Waals surface area contributed by atoms with Gasteiger partial charge in [-0.3, -0.25) is 9.78 Å². The van der Waals surface area contributed by atoms with Gasteiger partial charge in [-0.1, -0.05) is 17.7 Å². The normalized spacial score (nSPS) is 10.2. The fourth-order valence-electron chi connectivity index (χ4n) is 1.90. The van der Waals surface area contributed by atoms with Crippen LogP contribution in [-0.2, 0) is 6.42 Å². The number of aromatic nitrogens is 1. The zero-order valence-electron chi connectivity index (χ0n) is 10.7. The van der Waals surface area contributed by atoms with Crippen molar-refractivity contribution in [3.8, 4) is 0 Å². The molecule has 2 aromatic rings. The number of carbonyl (C=O) groups is 1. The van der Waals surface area contributed by atoms with Crippen molar-refractivity contribution in [2.24, 2.45) is 0 Å². The molecular weight excluding hydrogens is 260 g/mol. The molecule has 0 aliphatic heterocycles. The molecule has 1 heterocycles. The summed E-state index contributed by atoms with van der Waals surface area (Å²) in [5.74, 6) is 0. The van der Waals surface area contributed by atoms with E-state index in [1.165, 1.54) is 0 Å². The molecule has 0 amide bonds. The van der Waals surface area contributed by atoms with E-state index < -0.39 is 0 Å². The van der Waals surface area contributed by atoms with Gasteiger partial charge in [0.05, 0.1) is 0 Å². The van der Waals surface area contributed by atoms with E-state index >= 15 is 0 Å². The van der Waals surface area contributed by atoms with Crippen molar-refractivity contribution in [1.29, 1.82) is 0 Å². The minimum atomic E-state index is 0.630. The van der Waals surface area contributed by atoms with Crippen LogP contribution in [0.2, 0.25) is 5.02 Å². The minimum absolute atomic E-state index is 0.630. The van der Waals surface area contributed by atoms with Crippen LogP contribution in [0.5, 0.6) is 0 Å². The second kappa shape index (κ2) is 6.34. The van der Waals surface area contributed by atoms with E-state index in [1.807, 2.05) is 36.2 Å². The van der Waals surface area contributed by atoms with Crippen molar-refractivity contribution in [3.05, 3.63) is 58.9 Å². The molecule has 0 radical (unpaired) electrons. The molecular formula is C15H15ClN2O. The number of likely N-dealkylation sites (N-methyl/N-ethyl adjacent to an activating group) is 1. The minimum Gasteiger partial charge on any atom is -0.374 e. The van der Waals surface area contributed by atoms with Crippen molar-refractivity contribution in [1.82, 2.24) is 4.98 Å². The Labute approximate surface area is 117 Å². The summed E-state index contributed by atoms with van der Waals surface area (Å²) in [6, 6.07) is 11.1. The van der Waals surface area contributed by atoms with Crippen molar-refractivity contribution >= 4 is 23.6 Å². The van der Waals surface area contributed by atoms with E-state index in [2.05, 4.69) is 4.98 Å². The number of halogens is 1. The maximum absolute atomic E-state index is 11.0. The quantitative estimate of drug-likeness (QED) is 0.785. The molecule has 1 aromatic heterocycles. The number of aldehydes is 1. The van der Waals surface area contributed by atoms with Crippen LogP contribution in [0.1, 0.15) is 16.1 Å². The molecule has 0 N–H and O–H groups in total. The average Bonchev–Trinajstić information content (AvgIpc) is 2.46. The summed E-state index contributed by atoms with van der Waals surface area (Å²) in [5, 5.41) is 0.630. The van der Waals surface area contributed by atoms with Crippen LogP contribution in [0.3, 0.4) is 0 Å². The summed E-state index contributed by atoms with van der Waals surface area (Å²) in [6.45, 7) is 0.776. The molecule has 0 unspecified atom stereocenters. The molecule has 2 rings (SSSR count). The largest absolute Gasteiger partial charge is 0.374 e. The van der Waals surface area contributed by atoms with Crippen molar-refractivity contribution in [3.63, 3.8) is 0 Å². The smallest absolute Gasteiger partial charge is 0.152 e. The van der Waals surface area contributed by atoms with Gasteiger partial charge in [-0.25, -0.2) is 0 Å². The van der Waals surface area contributed by atoms with Gasteiger partial charge in [-0.2, -0.15) is 0 Å². The van der Waals surface area contributed by atoms with Gasteiger partial charge >= 0.3 is 0 Å². The van der Waals surface area contributed by atoms with Crippen LogP contribution in [0.15, 0.2) is 42.6 Å². The van der Waals surface area contributed by atoms with E-state index in [0.29, 0.717) is 10.6 Å². The van der Waals surface area contributed by atoms with Gasteiger partial charge in [0.15, 0.2) is 6.29 Å². The molecule has 0 saturated heterocycles. The zero-order valence-corrected chi connectivity index (χ0v) is 11.5. The van der Waals surface area contributed by atoms with Crippen LogP contribution in [-0.4, -0.2) is 24.9 Å². The third-order valence-corrected chi connectivity index (χ3v) is 3.20. The Morgan fingerprint density at radius 1 is 1.32 bits per heavy atom. The molecule has 0 fully saturated rings. The lowest BCUT2D eigenvalue weighted by Crippen LogP contribution is -2.21. The predicted octanol–water partition coefficient (Wildman–Crippen LogP) is 3.23. The molecule has 0 spiro atoms. The van der Waals surface area contributed by atoms with E-state index in [9.17, 15) is 4.79 Å². The van der Waals surface area contributed by atoms with Gasteiger partial charge in [0.25, 0.3) is 0 Å². The number of anilines is 1. The van der Waals surface area contributed by atoms with Gasteiger partial charge in [0.1, 0.15) is 0 Å².